The smallest absolute Gasteiger partial charge is 0.338 e. The molecule has 0 aromatic heterocycles. The lowest BCUT2D eigenvalue weighted by Crippen LogP contribution is -2.27. The molecule has 1 aliphatic rings. The number of ether oxygens (including phenoxy) is 1. The van der Waals surface area contributed by atoms with Gasteiger partial charge in [0.25, 0.3) is 0 Å². The van der Waals surface area contributed by atoms with E-state index in [1.54, 1.807) is 38.2 Å². The van der Waals surface area contributed by atoms with E-state index in [9.17, 15) is 14.3 Å². The third kappa shape index (κ3) is 2.39. The molecule has 2 atom stereocenters. The second kappa shape index (κ2) is 4.71. The zero-order chi connectivity index (χ0) is 12.4. The molecular weight excluding hydrogens is 222 g/mol. The lowest BCUT2D eigenvalue weighted by atomic mass is 9.95. The Morgan fingerprint density at radius 1 is 1.41 bits per heavy atom. The fourth-order valence-electron chi connectivity index (χ4n) is 1.82. The van der Waals surface area contributed by atoms with Gasteiger partial charge in [-0.3, -0.25) is 0 Å². The van der Waals surface area contributed by atoms with Crippen molar-refractivity contribution in [3.63, 3.8) is 0 Å². The molecule has 1 aromatic carbocycles. The average Bonchev–Trinajstić information content (AvgIpc) is 2.57. The van der Waals surface area contributed by atoms with Crippen molar-refractivity contribution in [3.8, 4) is 0 Å². The molecule has 1 N–H and O–H groups in total. The number of hydrogen-bond donors (Lipinski definition) is 1. The van der Waals surface area contributed by atoms with E-state index in [0.29, 0.717) is 11.0 Å². The van der Waals surface area contributed by atoms with Crippen LogP contribution in [0.2, 0.25) is 0 Å². The molecule has 0 radical (unpaired) electrons. The summed E-state index contributed by atoms with van der Waals surface area (Å²) in [5.74, 6) is -1.17. The highest BCUT2D eigenvalue weighted by atomic mass is 19.1. The number of hydrogen-bond acceptors (Lipinski definition) is 3. The van der Waals surface area contributed by atoms with Crippen molar-refractivity contribution >= 4 is 13.8 Å². The molecule has 2 unspecified atom stereocenters. The van der Waals surface area contributed by atoms with Gasteiger partial charge in [0.1, 0.15) is 19.8 Å². The lowest BCUT2D eigenvalue weighted by molar-refractivity contribution is -0.00324. The van der Waals surface area contributed by atoms with Gasteiger partial charge in [-0.25, -0.2) is 9.18 Å². The molecule has 0 saturated carbocycles. The average molecular weight is 234 g/mol. The van der Waals surface area contributed by atoms with Gasteiger partial charge < -0.3 is 9.84 Å². The molecule has 5 heteroatoms. The van der Waals surface area contributed by atoms with Gasteiger partial charge in [0.05, 0.1) is 5.56 Å². The summed E-state index contributed by atoms with van der Waals surface area (Å²) in [6.07, 6.45) is -1.94. The van der Waals surface area contributed by atoms with Crippen molar-refractivity contribution in [1.29, 1.82) is 0 Å². The highest BCUT2D eigenvalue weighted by molar-refractivity contribution is 6.22. The number of aliphatic hydroxyl groups excluding tert-OH is 1. The molecule has 0 bridgehead atoms. The van der Waals surface area contributed by atoms with Crippen LogP contribution in [0.5, 0.6) is 0 Å². The highest BCUT2D eigenvalue weighted by Crippen LogP contribution is 2.29. The second-order valence-electron chi connectivity index (χ2n) is 4.09. The maximum absolute atomic E-state index is 13.6. The van der Waals surface area contributed by atoms with Crippen LogP contribution in [0.4, 0.5) is 4.39 Å². The van der Waals surface area contributed by atoms with Gasteiger partial charge in [-0.05, 0) is 18.6 Å². The maximum Gasteiger partial charge on any atom is 0.338 e. The number of carbonyl (C=O) groups excluding carboxylic acids is 1. The first-order chi connectivity index (χ1) is 8.09. The summed E-state index contributed by atoms with van der Waals surface area (Å²) in [4.78, 5) is 11.7. The number of halogens is 1. The van der Waals surface area contributed by atoms with Gasteiger partial charge in [0.15, 0.2) is 6.10 Å². The van der Waals surface area contributed by atoms with Crippen molar-refractivity contribution in [1.82, 2.24) is 0 Å². The van der Waals surface area contributed by atoms with Crippen LogP contribution in [0.3, 0.4) is 0 Å². The Morgan fingerprint density at radius 3 is 2.59 bits per heavy atom. The molecular formula is C12H12BFO3. The van der Waals surface area contributed by atoms with Crippen LogP contribution in [0.15, 0.2) is 41.6 Å². The third-order valence-electron chi connectivity index (χ3n) is 2.77. The third-order valence-corrected chi connectivity index (χ3v) is 2.77. The summed E-state index contributed by atoms with van der Waals surface area (Å²) in [7, 11) is 1.58. The highest BCUT2D eigenvalue weighted by Gasteiger charge is 2.35. The van der Waals surface area contributed by atoms with Crippen LogP contribution >= 0.6 is 0 Å². The first kappa shape index (κ1) is 11.9. The van der Waals surface area contributed by atoms with Crippen molar-refractivity contribution in [3.05, 3.63) is 47.2 Å². The van der Waals surface area contributed by atoms with Crippen molar-refractivity contribution < 1.29 is 19.0 Å². The number of rotatable bonds is 2. The van der Waals surface area contributed by atoms with Gasteiger partial charge in [0.2, 0.25) is 0 Å². The van der Waals surface area contributed by atoms with Crippen LogP contribution in [-0.2, 0) is 4.74 Å². The zero-order valence-electron chi connectivity index (χ0n) is 9.39. The van der Waals surface area contributed by atoms with E-state index in [4.69, 9.17) is 4.74 Å². The summed E-state index contributed by atoms with van der Waals surface area (Å²) in [6, 6.07) is 8.32. The predicted octanol–water partition coefficient (Wildman–Crippen LogP) is 0.791. The summed E-state index contributed by atoms with van der Waals surface area (Å²) < 4.78 is 18.5. The molecule has 3 nitrogen and oxygen atoms in total. The van der Waals surface area contributed by atoms with Crippen LogP contribution in [-0.4, -0.2) is 31.1 Å². The molecule has 0 heterocycles. The maximum atomic E-state index is 13.6. The van der Waals surface area contributed by atoms with Crippen LogP contribution in [0, 0.1) is 0 Å². The zero-order valence-corrected chi connectivity index (χ0v) is 9.39. The number of aliphatic hydroxyl groups is 1. The van der Waals surface area contributed by atoms with Gasteiger partial charge in [0, 0.05) is 0 Å². The first-order valence-electron chi connectivity index (χ1n) is 5.39. The van der Waals surface area contributed by atoms with Gasteiger partial charge in [-0.2, -0.15) is 0 Å². The molecule has 0 spiro atoms. The van der Waals surface area contributed by atoms with E-state index in [-0.39, 0.29) is 6.42 Å². The summed E-state index contributed by atoms with van der Waals surface area (Å²) in [5.41, 5.74) is 0.778. The van der Waals surface area contributed by atoms with Crippen LogP contribution in [0.1, 0.15) is 16.8 Å². The minimum absolute atomic E-state index is 0.207. The molecule has 0 aliphatic heterocycles. The lowest BCUT2D eigenvalue weighted by Gasteiger charge is -2.15. The fraction of sp³-hybridized carbons (Fsp3) is 0.250. The molecule has 17 heavy (non-hydrogen) atoms. The van der Waals surface area contributed by atoms with Crippen LogP contribution < -0.4 is 0 Å². The van der Waals surface area contributed by atoms with Gasteiger partial charge >= 0.3 is 5.97 Å². The largest absolute Gasteiger partial charge is 0.449 e. The monoisotopic (exact) mass is 234 g/mol. The quantitative estimate of drug-likeness (QED) is 0.607. The molecule has 0 saturated heterocycles. The van der Waals surface area contributed by atoms with E-state index in [1.165, 1.54) is 0 Å². The number of esters is 1. The molecule has 2 rings (SSSR count). The minimum Gasteiger partial charge on any atom is -0.449 e. The second-order valence-corrected chi connectivity index (χ2v) is 4.09. The van der Waals surface area contributed by atoms with E-state index in [1.807, 2.05) is 0 Å². The van der Waals surface area contributed by atoms with Gasteiger partial charge in [-0.1, -0.05) is 23.7 Å². The standard InChI is InChI=1S/C12H12BFO3/c13-8-6-9(15)11(10(8)14)17-12(16)7-4-2-1-3-5-7/h1-5,9,11,15H,6,13H2. The molecule has 1 aromatic rings. The Balaban J connectivity index is 2.10. The summed E-state index contributed by atoms with van der Waals surface area (Å²) in [5, 5.41) is 9.57. The van der Waals surface area contributed by atoms with E-state index in [0.717, 1.165) is 0 Å². The fourth-order valence-corrected chi connectivity index (χ4v) is 1.82. The number of benzene rings is 1. The Bertz CT molecular complexity index is 458. The van der Waals surface area contributed by atoms with E-state index >= 15 is 0 Å². The SMILES string of the molecule is BC1=C(F)C(OC(=O)c2ccccc2)C(O)C1. The van der Waals surface area contributed by atoms with Crippen LogP contribution in [0.25, 0.3) is 0 Å². The first-order valence-corrected chi connectivity index (χ1v) is 5.39. The summed E-state index contributed by atoms with van der Waals surface area (Å²) in [6.45, 7) is 0. The molecule has 1 aliphatic carbocycles. The Labute approximate surface area is 99.3 Å². The number of carbonyl (C=O) groups is 1. The Morgan fingerprint density at radius 2 is 2.06 bits per heavy atom. The molecule has 0 fully saturated rings. The molecule has 88 valence electrons. The minimum atomic E-state index is -1.16. The predicted molar refractivity (Wildman–Crippen MR) is 62.9 cm³/mol. The Hall–Kier alpha value is -1.62. The summed E-state index contributed by atoms with van der Waals surface area (Å²) >= 11 is 0. The van der Waals surface area contributed by atoms with E-state index in [2.05, 4.69) is 0 Å². The van der Waals surface area contributed by atoms with Crippen molar-refractivity contribution in [2.24, 2.45) is 0 Å². The molecule has 0 amide bonds. The van der Waals surface area contributed by atoms with Crippen molar-refractivity contribution in [2.45, 2.75) is 18.6 Å². The van der Waals surface area contributed by atoms with Crippen molar-refractivity contribution in [2.75, 3.05) is 0 Å². The topological polar surface area (TPSA) is 46.5 Å². The normalized spacial score (nSPS) is 23.9. The van der Waals surface area contributed by atoms with E-state index < -0.39 is 24.0 Å². The Kier molecular flexibility index (Phi) is 3.29. The van der Waals surface area contributed by atoms with Gasteiger partial charge in [-0.15, -0.1) is 0 Å².